The zero-order chi connectivity index (χ0) is 20.8. The lowest BCUT2D eigenvalue weighted by molar-refractivity contribution is 0.306. The van der Waals surface area contributed by atoms with E-state index in [0.29, 0.717) is 11.6 Å². The van der Waals surface area contributed by atoms with E-state index in [4.69, 9.17) is 16.3 Å². The van der Waals surface area contributed by atoms with Crippen molar-refractivity contribution in [3.63, 3.8) is 0 Å². The summed E-state index contributed by atoms with van der Waals surface area (Å²) in [6.45, 7) is 0.480. The first-order valence-corrected chi connectivity index (χ1v) is 11.2. The van der Waals surface area contributed by atoms with Crippen molar-refractivity contribution in [1.82, 2.24) is 4.98 Å². The van der Waals surface area contributed by atoms with Gasteiger partial charge in [-0.05, 0) is 47.5 Å². The minimum Gasteiger partial charge on any atom is -0.489 e. The van der Waals surface area contributed by atoms with Gasteiger partial charge < -0.3 is 4.74 Å². The van der Waals surface area contributed by atoms with E-state index in [1.165, 1.54) is 11.3 Å². The Hall–Kier alpha value is -2.67. The molecule has 4 nitrogen and oxygen atoms in total. The van der Waals surface area contributed by atoms with Gasteiger partial charge in [0.05, 0.1) is 11.9 Å². The van der Waals surface area contributed by atoms with Crippen molar-refractivity contribution >= 4 is 50.2 Å². The summed E-state index contributed by atoms with van der Waals surface area (Å²) in [4.78, 5) is 4.57. The molecular formula is C23H17BrClN3OS. The molecule has 1 heterocycles. The second-order valence-electron chi connectivity index (χ2n) is 6.40. The van der Waals surface area contributed by atoms with Gasteiger partial charge >= 0.3 is 0 Å². The minimum atomic E-state index is 0.480. The van der Waals surface area contributed by atoms with Gasteiger partial charge in [0.25, 0.3) is 0 Å². The summed E-state index contributed by atoms with van der Waals surface area (Å²) in [7, 11) is 0. The van der Waals surface area contributed by atoms with Crippen LogP contribution in [0.4, 0.5) is 5.13 Å². The minimum absolute atomic E-state index is 0.480. The lowest BCUT2D eigenvalue weighted by Crippen LogP contribution is -1.96. The maximum absolute atomic E-state index is 5.91. The smallest absolute Gasteiger partial charge is 0.203 e. The lowest BCUT2D eigenvalue weighted by atomic mass is 10.2. The van der Waals surface area contributed by atoms with Gasteiger partial charge in [-0.2, -0.15) is 5.10 Å². The fourth-order valence-electron chi connectivity index (χ4n) is 2.67. The summed E-state index contributed by atoms with van der Waals surface area (Å²) in [5, 5.41) is 7.76. The van der Waals surface area contributed by atoms with Gasteiger partial charge in [0.15, 0.2) is 0 Å². The maximum Gasteiger partial charge on any atom is 0.203 e. The highest BCUT2D eigenvalue weighted by Gasteiger charge is 2.04. The Morgan fingerprint density at radius 2 is 1.87 bits per heavy atom. The molecule has 0 aliphatic carbocycles. The highest BCUT2D eigenvalue weighted by Crippen LogP contribution is 2.26. The largest absolute Gasteiger partial charge is 0.489 e. The summed E-state index contributed by atoms with van der Waals surface area (Å²) in [5.41, 5.74) is 6.97. The van der Waals surface area contributed by atoms with Crippen LogP contribution in [0.1, 0.15) is 11.1 Å². The molecule has 0 aliphatic rings. The number of halogens is 2. The van der Waals surface area contributed by atoms with Crippen LogP contribution in [0.25, 0.3) is 11.3 Å². The zero-order valence-electron chi connectivity index (χ0n) is 15.8. The summed E-state index contributed by atoms with van der Waals surface area (Å²) in [5.74, 6) is 0.778. The first-order chi connectivity index (χ1) is 14.7. The standard InChI is InChI=1S/C23H17BrClN3OS/c24-19-8-6-18(7-9-19)22-15-30-23(27-22)28-26-13-17-2-1-3-21(12-17)29-14-16-4-10-20(25)11-5-16/h1-13,15H,14H2,(H,27,28)/b26-13-. The normalized spacial score (nSPS) is 11.0. The van der Waals surface area contributed by atoms with E-state index in [0.717, 1.165) is 37.7 Å². The van der Waals surface area contributed by atoms with Gasteiger partial charge in [0.1, 0.15) is 12.4 Å². The number of hydrogen-bond acceptors (Lipinski definition) is 5. The van der Waals surface area contributed by atoms with Crippen LogP contribution in [-0.2, 0) is 6.61 Å². The van der Waals surface area contributed by atoms with Crippen molar-refractivity contribution in [2.75, 3.05) is 5.43 Å². The summed E-state index contributed by atoms with van der Waals surface area (Å²) in [6, 6.07) is 23.5. The molecule has 0 unspecified atom stereocenters. The molecule has 4 rings (SSSR count). The van der Waals surface area contributed by atoms with E-state index in [2.05, 4.69) is 31.4 Å². The number of thiazole rings is 1. The van der Waals surface area contributed by atoms with Crippen LogP contribution >= 0.6 is 38.9 Å². The van der Waals surface area contributed by atoms with Gasteiger partial charge in [-0.3, -0.25) is 5.43 Å². The monoisotopic (exact) mass is 497 g/mol. The SMILES string of the molecule is Clc1ccc(COc2cccc(/C=N\Nc3nc(-c4ccc(Br)cc4)cs3)c2)cc1. The molecule has 0 saturated carbocycles. The molecule has 3 aromatic carbocycles. The summed E-state index contributed by atoms with van der Waals surface area (Å²) in [6.07, 6.45) is 1.75. The predicted molar refractivity (Wildman–Crippen MR) is 129 cm³/mol. The average molecular weight is 499 g/mol. The number of nitrogens with one attached hydrogen (secondary N) is 1. The van der Waals surface area contributed by atoms with Gasteiger partial charge in [0.2, 0.25) is 5.13 Å². The number of benzene rings is 3. The van der Waals surface area contributed by atoms with E-state index in [9.17, 15) is 0 Å². The number of hydrazone groups is 1. The Kier molecular flexibility index (Phi) is 6.79. The summed E-state index contributed by atoms with van der Waals surface area (Å²) >= 11 is 10.9. The van der Waals surface area contributed by atoms with Gasteiger partial charge in [-0.15, -0.1) is 11.3 Å². The Morgan fingerprint density at radius 3 is 2.67 bits per heavy atom. The van der Waals surface area contributed by atoms with Gasteiger partial charge in [-0.1, -0.05) is 63.9 Å². The fraction of sp³-hybridized carbons (Fsp3) is 0.0435. The van der Waals surface area contributed by atoms with Crippen molar-refractivity contribution < 1.29 is 4.74 Å². The molecule has 0 bridgehead atoms. The Labute approximate surface area is 192 Å². The predicted octanol–water partition coefficient (Wildman–Crippen LogP) is 7.25. The van der Waals surface area contributed by atoms with E-state index < -0.39 is 0 Å². The highest BCUT2D eigenvalue weighted by atomic mass is 79.9. The van der Waals surface area contributed by atoms with E-state index >= 15 is 0 Å². The van der Waals surface area contributed by atoms with Crippen molar-refractivity contribution in [2.24, 2.45) is 5.10 Å². The lowest BCUT2D eigenvalue weighted by Gasteiger charge is -2.07. The third-order valence-electron chi connectivity index (χ3n) is 4.19. The second-order valence-corrected chi connectivity index (χ2v) is 8.61. The maximum atomic E-state index is 5.91. The van der Waals surface area contributed by atoms with Gasteiger partial charge in [-0.25, -0.2) is 4.98 Å². The highest BCUT2D eigenvalue weighted by molar-refractivity contribution is 9.10. The molecule has 0 amide bonds. The van der Waals surface area contributed by atoms with Crippen molar-refractivity contribution in [1.29, 1.82) is 0 Å². The van der Waals surface area contributed by atoms with Crippen LogP contribution in [0.5, 0.6) is 5.75 Å². The number of anilines is 1. The topological polar surface area (TPSA) is 46.5 Å². The molecule has 0 aliphatic heterocycles. The second kappa shape index (κ2) is 9.89. The molecule has 4 aromatic rings. The Bertz CT molecular complexity index is 1140. The number of ether oxygens (including phenoxy) is 1. The van der Waals surface area contributed by atoms with Crippen LogP contribution in [0.2, 0.25) is 5.02 Å². The average Bonchev–Trinajstić information content (AvgIpc) is 3.23. The molecule has 0 radical (unpaired) electrons. The molecule has 150 valence electrons. The number of rotatable bonds is 7. The van der Waals surface area contributed by atoms with Crippen LogP contribution in [-0.4, -0.2) is 11.2 Å². The van der Waals surface area contributed by atoms with Crippen molar-refractivity contribution in [2.45, 2.75) is 6.61 Å². The molecule has 30 heavy (non-hydrogen) atoms. The first kappa shape index (κ1) is 20.6. The van der Waals surface area contributed by atoms with E-state index in [-0.39, 0.29) is 0 Å². The number of nitrogens with zero attached hydrogens (tertiary/aromatic N) is 2. The third-order valence-corrected chi connectivity index (χ3v) is 5.72. The summed E-state index contributed by atoms with van der Waals surface area (Å²) < 4.78 is 6.90. The molecule has 1 aromatic heterocycles. The molecule has 0 spiro atoms. The van der Waals surface area contributed by atoms with Crippen LogP contribution in [0, 0.1) is 0 Å². The van der Waals surface area contributed by atoms with Crippen LogP contribution < -0.4 is 10.2 Å². The molecule has 7 heteroatoms. The molecule has 0 atom stereocenters. The third kappa shape index (κ3) is 5.69. The van der Waals surface area contributed by atoms with Gasteiger partial charge in [0, 0.05) is 20.4 Å². The molecular weight excluding hydrogens is 482 g/mol. The molecule has 0 saturated heterocycles. The van der Waals surface area contributed by atoms with Crippen LogP contribution in [0.3, 0.4) is 0 Å². The van der Waals surface area contributed by atoms with Crippen molar-refractivity contribution in [3.8, 4) is 17.0 Å². The van der Waals surface area contributed by atoms with E-state index in [1.54, 1.807) is 6.21 Å². The Balaban J connectivity index is 1.34. The van der Waals surface area contributed by atoms with Crippen LogP contribution in [0.15, 0.2) is 87.8 Å². The quantitative estimate of drug-likeness (QED) is 0.216. The first-order valence-electron chi connectivity index (χ1n) is 9.13. The Morgan fingerprint density at radius 1 is 1.07 bits per heavy atom. The zero-order valence-corrected chi connectivity index (χ0v) is 18.9. The molecule has 1 N–H and O–H groups in total. The molecule has 0 fully saturated rings. The van der Waals surface area contributed by atoms with E-state index in [1.807, 2.05) is 78.2 Å². The number of aromatic nitrogens is 1. The fourth-order valence-corrected chi connectivity index (χ4v) is 3.73. The van der Waals surface area contributed by atoms with Crippen molar-refractivity contribution in [3.05, 3.63) is 98.8 Å². The number of hydrogen-bond donors (Lipinski definition) is 1.